The zero-order valence-corrected chi connectivity index (χ0v) is 12.1. The van der Waals surface area contributed by atoms with Crippen LogP contribution in [0.3, 0.4) is 0 Å². The van der Waals surface area contributed by atoms with Gasteiger partial charge in [0, 0.05) is 13.1 Å². The van der Waals surface area contributed by atoms with Crippen LogP contribution < -0.4 is 11.1 Å². The van der Waals surface area contributed by atoms with Crippen LogP contribution in [-0.4, -0.2) is 37.0 Å². The minimum atomic E-state index is -0.557. The molecule has 0 aromatic heterocycles. The van der Waals surface area contributed by atoms with Gasteiger partial charge in [-0.25, -0.2) is 0 Å². The number of likely N-dealkylation sites (N-methyl/N-ethyl adjacent to an activating group) is 1. The molecule has 0 radical (unpaired) electrons. The zero-order chi connectivity index (χ0) is 15.0. The zero-order valence-electron chi connectivity index (χ0n) is 12.1. The summed E-state index contributed by atoms with van der Waals surface area (Å²) in [6.45, 7) is 7.68. The van der Waals surface area contributed by atoms with E-state index < -0.39 is 11.9 Å². The van der Waals surface area contributed by atoms with Crippen molar-refractivity contribution in [2.75, 3.05) is 26.2 Å². The summed E-state index contributed by atoms with van der Waals surface area (Å²) in [6.07, 6.45) is 0. The lowest BCUT2D eigenvalue weighted by atomic mass is 10.0. The first kappa shape index (κ1) is 16.2. The molecular weight excluding hydrogens is 252 g/mol. The normalized spacial score (nSPS) is 12.1. The van der Waals surface area contributed by atoms with E-state index >= 15 is 0 Å². The van der Waals surface area contributed by atoms with E-state index in [0.717, 1.165) is 25.2 Å². The quantitative estimate of drug-likeness (QED) is 0.741. The molecule has 3 N–H and O–H groups in total. The topological polar surface area (TPSA) is 82.2 Å². The Bertz CT molecular complexity index is 477. The van der Waals surface area contributed by atoms with Crippen LogP contribution in [0.15, 0.2) is 24.3 Å². The fourth-order valence-corrected chi connectivity index (χ4v) is 2.08. The molecule has 0 saturated carbocycles. The minimum absolute atomic E-state index is 0.431. The van der Waals surface area contributed by atoms with Gasteiger partial charge in [0.2, 0.25) is 5.91 Å². The molecule has 1 atom stereocenters. The maximum atomic E-state index is 11.6. The Morgan fingerprint density at radius 1 is 1.45 bits per heavy atom. The number of primary amides is 1. The number of nitriles is 1. The molecule has 0 heterocycles. The van der Waals surface area contributed by atoms with Crippen molar-refractivity contribution in [3.63, 3.8) is 0 Å². The molecule has 0 aliphatic heterocycles. The fraction of sp³-hybridized carbons (Fsp3) is 0.467. The number of carbonyl (C=O) groups is 1. The first-order valence-corrected chi connectivity index (χ1v) is 6.87. The van der Waals surface area contributed by atoms with E-state index in [1.807, 2.05) is 0 Å². The van der Waals surface area contributed by atoms with Crippen molar-refractivity contribution in [3.05, 3.63) is 35.4 Å². The van der Waals surface area contributed by atoms with Crippen molar-refractivity contribution in [2.45, 2.75) is 19.9 Å². The summed E-state index contributed by atoms with van der Waals surface area (Å²) in [5.74, 6) is -0.431. The van der Waals surface area contributed by atoms with Gasteiger partial charge in [-0.2, -0.15) is 5.26 Å². The molecule has 1 amide bonds. The average molecular weight is 274 g/mol. The van der Waals surface area contributed by atoms with Gasteiger partial charge in [0.15, 0.2) is 0 Å². The van der Waals surface area contributed by atoms with Crippen LogP contribution in [0.25, 0.3) is 0 Å². The molecule has 0 bridgehead atoms. The highest BCUT2D eigenvalue weighted by Crippen LogP contribution is 2.14. The molecule has 0 aliphatic rings. The van der Waals surface area contributed by atoms with Crippen LogP contribution in [0.4, 0.5) is 0 Å². The van der Waals surface area contributed by atoms with E-state index in [1.165, 1.54) is 0 Å². The summed E-state index contributed by atoms with van der Waals surface area (Å²) in [5, 5.41) is 12.1. The van der Waals surface area contributed by atoms with E-state index in [2.05, 4.69) is 30.1 Å². The maximum Gasteiger partial charge on any atom is 0.239 e. The first-order valence-electron chi connectivity index (χ1n) is 6.87. The van der Waals surface area contributed by atoms with Crippen molar-refractivity contribution < 1.29 is 4.79 Å². The Kier molecular flexibility index (Phi) is 6.71. The van der Waals surface area contributed by atoms with Crippen molar-refractivity contribution >= 4 is 5.91 Å². The molecule has 5 nitrogen and oxygen atoms in total. The van der Waals surface area contributed by atoms with Gasteiger partial charge in [-0.3, -0.25) is 4.79 Å². The third-order valence-corrected chi connectivity index (χ3v) is 3.30. The number of nitrogens with one attached hydrogen (secondary N) is 1. The molecule has 5 heteroatoms. The SMILES string of the molecule is CCN(CC)CCNC(C(N)=O)c1cccc(C#N)c1. The Morgan fingerprint density at radius 3 is 2.70 bits per heavy atom. The second-order valence-corrected chi connectivity index (χ2v) is 4.55. The van der Waals surface area contributed by atoms with Crippen LogP contribution in [-0.2, 0) is 4.79 Å². The first-order chi connectivity index (χ1) is 9.62. The average Bonchev–Trinajstić information content (AvgIpc) is 2.47. The third kappa shape index (κ3) is 4.65. The van der Waals surface area contributed by atoms with Crippen molar-refractivity contribution in [1.82, 2.24) is 10.2 Å². The summed E-state index contributed by atoms with van der Waals surface area (Å²) in [5.41, 5.74) is 6.70. The number of benzene rings is 1. The Morgan fingerprint density at radius 2 is 2.15 bits per heavy atom. The molecule has 1 aromatic rings. The second-order valence-electron chi connectivity index (χ2n) is 4.55. The van der Waals surface area contributed by atoms with Crippen LogP contribution in [0, 0.1) is 11.3 Å². The van der Waals surface area contributed by atoms with Gasteiger partial charge in [0.05, 0.1) is 11.6 Å². The van der Waals surface area contributed by atoms with Gasteiger partial charge < -0.3 is 16.0 Å². The van der Waals surface area contributed by atoms with Crippen LogP contribution in [0.5, 0.6) is 0 Å². The van der Waals surface area contributed by atoms with Crippen molar-refractivity contribution in [1.29, 1.82) is 5.26 Å². The molecule has 0 aliphatic carbocycles. The summed E-state index contributed by atoms with van der Waals surface area (Å²) >= 11 is 0. The minimum Gasteiger partial charge on any atom is -0.368 e. The van der Waals surface area contributed by atoms with Crippen LogP contribution in [0.1, 0.15) is 31.0 Å². The third-order valence-electron chi connectivity index (χ3n) is 3.30. The molecule has 1 unspecified atom stereocenters. The summed E-state index contributed by atoms with van der Waals surface area (Å²) in [6, 6.07) is 8.48. The van der Waals surface area contributed by atoms with Gasteiger partial charge in [0.1, 0.15) is 6.04 Å². The highest BCUT2D eigenvalue weighted by molar-refractivity contribution is 5.81. The molecule has 20 heavy (non-hydrogen) atoms. The number of hydrogen-bond acceptors (Lipinski definition) is 4. The standard InChI is InChI=1S/C15H22N4O/c1-3-19(4-2)9-8-18-14(15(17)20)13-7-5-6-12(10-13)11-16/h5-7,10,14,18H,3-4,8-9H2,1-2H3,(H2,17,20). The Hall–Kier alpha value is -1.90. The number of hydrogen-bond donors (Lipinski definition) is 2. The van der Waals surface area contributed by atoms with Crippen molar-refractivity contribution in [3.8, 4) is 6.07 Å². The highest BCUT2D eigenvalue weighted by atomic mass is 16.1. The van der Waals surface area contributed by atoms with Gasteiger partial charge >= 0.3 is 0 Å². The fourth-order valence-electron chi connectivity index (χ4n) is 2.08. The van der Waals surface area contributed by atoms with E-state index in [4.69, 9.17) is 11.0 Å². The van der Waals surface area contributed by atoms with E-state index in [1.54, 1.807) is 24.3 Å². The predicted octanol–water partition coefficient (Wildman–Crippen LogP) is 1.02. The summed E-state index contributed by atoms with van der Waals surface area (Å²) < 4.78 is 0. The van der Waals surface area contributed by atoms with Gasteiger partial charge in [-0.1, -0.05) is 26.0 Å². The lowest BCUT2D eigenvalue weighted by Gasteiger charge is -2.21. The Balaban J connectivity index is 2.70. The lowest BCUT2D eigenvalue weighted by molar-refractivity contribution is -0.120. The van der Waals surface area contributed by atoms with Crippen LogP contribution in [0.2, 0.25) is 0 Å². The van der Waals surface area contributed by atoms with Crippen molar-refractivity contribution in [2.24, 2.45) is 5.73 Å². The number of carbonyl (C=O) groups excluding carboxylic acids is 1. The van der Waals surface area contributed by atoms with Crippen LogP contribution >= 0.6 is 0 Å². The van der Waals surface area contributed by atoms with Gasteiger partial charge in [-0.05, 0) is 30.8 Å². The van der Waals surface area contributed by atoms with Gasteiger partial charge in [-0.15, -0.1) is 0 Å². The molecular formula is C15H22N4O. The number of rotatable bonds is 8. The smallest absolute Gasteiger partial charge is 0.239 e. The molecule has 1 aromatic carbocycles. The number of amides is 1. The lowest BCUT2D eigenvalue weighted by Crippen LogP contribution is -2.38. The Labute approximate surface area is 120 Å². The molecule has 0 saturated heterocycles. The summed E-state index contributed by atoms with van der Waals surface area (Å²) in [4.78, 5) is 13.8. The molecule has 1 rings (SSSR count). The number of nitrogens with zero attached hydrogens (tertiary/aromatic N) is 2. The highest BCUT2D eigenvalue weighted by Gasteiger charge is 2.17. The molecule has 0 spiro atoms. The van der Waals surface area contributed by atoms with E-state index in [0.29, 0.717) is 12.1 Å². The van der Waals surface area contributed by atoms with Gasteiger partial charge in [0.25, 0.3) is 0 Å². The predicted molar refractivity (Wildman–Crippen MR) is 78.9 cm³/mol. The maximum absolute atomic E-state index is 11.6. The number of nitrogens with two attached hydrogens (primary N) is 1. The summed E-state index contributed by atoms with van der Waals surface area (Å²) in [7, 11) is 0. The van der Waals surface area contributed by atoms with E-state index in [9.17, 15) is 4.79 Å². The molecule has 0 fully saturated rings. The largest absolute Gasteiger partial charge is 0.368 e. The second kappa shape index (κ2) is 8.31. The monoisotopic (exact) mass is 274 g/mol. The molecule has 108 valence electrons. The van der Waals surface area contributed by atoms with E-state index in [-0.39, 0.29) is 0 Å².